The number of methoxy groups -OCH3 is 1. The quantitative estimate of drug-likeness (QED) is 0.196. The van der Waals surface area contributed by atoms with E-state index in [-0.39, 0.29) is 35.2 Å². The number of halogens is 1. The number of sulfonamides is 1. The van der Waals surface area contributed by atoms with Gasteiger partial charge in [0.2, 0.25) is 11.8 Å². The number of benzene rings is 4. The molecule has 4 rings (SSSR count). The maximum atomic E-state index is 15.0. The molecule has 0 heterocycles. The van der Waals surface area contributed by atoms with Gasteiger partial charge in [0.1, 0.15) is 24.2 Å². The molecule has 0 aromatic heterocycles. The molecular weight excluding hydrogens is 593 g/mol. The molecule has 0 aliphatic heterocycles. The SMILES string of the molecule is CC[C@@H](C)NC(=O)[C@@H](Cc1ccccc1)N(Cc1ccccc1F)C(=O)CN(c1ccc(OC)cc1)S(=O)(=O)c1ccccc1. The second kappa shape index (κ2) is 15.3. The monoisotopic (exact) mass is 631 g/mol. The molecule has 0 fully saturated rings. The van der Waals surface area contributed by atoms with Crippen molar-refractivity contribution < 1.29 is 27.1 Å². The van der Waals surface area contributed by atoms with Crippen LogP contribution in [-0.4, -0.2) is 50.9 Å². The summed E-state index contributed by atoms with van der Waals surface area (Å²) < 4.78 is 49.3. The van der Waals surface area contributed by atoms with Gasteiger partial charge in [0.05, 0.1) is 17.7 Å². The van der Waals surface area contributed by atoms with Crippen LogP contribution in [0.15, 0.2) is 114 Å². The smallest absolute Gasteiger partial charge is 0.264 e. The van der Waals surface area contributed by atoms with Crippen molar-refractivity contribution in [2.75, 3.05) is 18.0 Å². The minimum absolute atomic E-state index is 0.00961. The first-order valence-corrected chi connectivity index (χ1v) is 16.2. The predicted octanol–water partition coefficient (Wildman–Crippen LogP) is 5.58. The van der Waals surface area contributed by atoms with E-state index in [1.54, 1.807) is 60.7 Å². The third-order valence-electron chi connectivity index (χ3n) is 7.54. The van der Waals surface area contributed by atoms with E-state index in [4.69, 9.17) is 4.74 Å². The van der Waals surface area contributed by atoms with E-state index in [1.807, 2.05) is 44.2 Å². The third kappa shape index (κ3) is 8.48. The van der Waals surface area contributed by atoms with Crippen molar-refractivity contribution in [2.24, 2.45) is 0 Å². The lowest BCUT2D eigenvalue weighted by Gasteiger charge is -2.34. The first-order valence-electron chi connectivity index (χ1n) is 14.7. The van der Waals surface area contributed by atoms with Crippen molar-refractivity contribution in [3.05, 3.63) is 126 Å². The van der Waals surface area contributed by atoms with Crippen LogP contribution < -0.4 is 14.4 Å². The Morgan fingerprint density at radius 2 is 1.47 bits per heavy atom. The summed E-state index contributed by atoms with van der Waals surface area (Å²) in [5, 5.41) is 2.97. The fourth-order valence-electron chi connectivity index (χ4n) is 4.80. The summed E-state index contributed by atoms with van der Waals surface area (Å²) in [6.07, 6.45) is 0.795. The highest BCUT2D eigenvalue weighted by atomic mass is 32.2. The molecule has 2 amide bonds. The summed E-state index contributed by atoms with van der Waals surface area (Å²) in [5.41, 5.74) is 1.21. The number of anilines is 1. The Hall–Kier alpha value is -4.70. The Morgan fingerprint density at radius 3 is 2.07 bits per heavy atom. The standard InChI is InChI=1S/C35H38FN3O5S/c1-4-26(2)37-35(41)33(23-27-13-7-5-8-14-27)38(24-28-15-11-12-18-32(28)36)34(40)25-39(29-19-21-30(44-3)22-20-29)45(42,43)31-16-9-6-10-17-31/h5-22,26,33H,4,23-25H2,1-3H3,(H,37,41)/t26-,33-/m1/s1. The van der Waals surface area contributed by atoms with Crippen LogP contribution in [0, 0.1) is 5.82 Å². The highest BCUT2D eigenvalue weighted by molar-refractivity contribution is 7.92. The lowest BCUT2D eigenvalue weighted by molar-refractivity contribution is -0.140. The van der Waals surface area contributed by atoms with Gasteiger partial charge in [-0.15, -0.1) is 0 Å². The number of amides is 2. The summed E-state index contributed by atoms with van der Waals surface area (Å²) in [6, 6.07) is 28.1. The number of hydrogen-bond donors (Lipinski definition) is 1. The maximum absolute atomic E-state index is 15.0. The number of nitrogens with one attached hydrogen (secondary N) is 1. The Morgan fingerprint density at radius 1 is 0.867 bits per heavy atom. The van der Waals surface area contributed by atoms with E-state index in [9.17, 15) is 18.0 Å². The number of carbonyl (C=O) groups is 2. The molecule has 4 aromatic rings. The fourth-order valence-corrected chi connectivity index (χ4v) is 6.24. The van der Waals surface area contributed by atoms with E-state index in [1.165, 1.54) is 30.2 Å². The van der Waals surface area contributed by atoms with Crippen LogP contribution >= 0.6 is 0 Å². The normalized spacial score (nSPS) is 12.5. The van der Waals surface area contributed by atoms with Gasteiger partial charge in [0.15, 0.2) is 0 Å². The summed E-state index contributed by atoms with van der Waals surface area (Å²) >= 11 is 0. The Balaban J connectivity index is 1.81. The number of rotatable bonds is 14. The van der Waals surface area contributed by atoms with Crippen LogP contribution in [-0.2, 0) is 32.6 Å². The van der Waals surface area contributed by atoms with Crippen molar-refractivity contribution in [1.82, 2.24) is 10.2 Å². The minimum Gasteiger partial charge on any atom is -0.497 e. The summed E-state index contributed by atoms with van der Waals surface area (Å²) in [7, 11) is -2.75. The molecule has 0 saturated carbocycles. The zero-order valence-electron chi connectivity index (χ0n) is 25.6. The van der Waals surface area contributed by atoms with Crippen molar-refractivity contribution in [3.8, 4) is 5.75 Å². The summed E-state index contributed by atoms with van der Waals surface area (Å²) in [5.74, 6) is -1.12. The van der Waals surface area contributed by atoms with E-state index < -0.39 is 40.2 Å². The van der Waals surface area contributed by atoms with Gasteiger partial charge in [-0.2, -0.15) is 0 Å². The average molecular weight is 632 g/mol. The highest BCUT2D eigenvalue weighted by Crippen LogP contribution is 2.27. The zero-order chi connectivity index (χ0) is 32.4. The lowest BCUT2D eigenvalue weighted by Crippen LogP contribution is -2.54. The number of carbonyl (C=O) groups excluding carboxylic acids is 2. The van der Waals surface area contributed by atoms with Crippen LogP contribution in [0.25, 0.3) is 0 Å². The predicted molar refractivity (Wildman–Crippen MR) is 173 cm³/mol. The molecule has 10 heteroatoms. The number of hydrogen-bond acceptors (Lipinski definition) is 5. The largest absolute Gasteiger partial charge is 0.497 e. The molecule has 0 spiro atoms. The van der Waals surface area contributed by atoms with Crippen LogP contribution in [0.3, 0.4) is 0 Å². The van der Waals surface area contributed by atoms with Crippen molar-refractivity contribution in [2.45, 2.75) is 50.2 Å². The molecule has 45 heavy (non-hydrogen) atoms. The first-order chi connectivity index (χ1) is 21.6. The third-order valence-corrected chi connectivity index (χ3v) is 9.33. The van der Waals surface area contributed by atoms with Gasteiger partial charge in [-0.1, -0.05) is 73.7 Å². The van der Waals surface area contributed by atoms with Gasteiger partial charge in [-0.25, -0.2) is 12.8 Å². The van der Waals surface area contributed by atoms with Crippen molar-refractivity contribution >= 4 is 27.5 Å². The minimum atomic E-state index is -4.24. The molecule has 0 bridgehead atoms. The molecule has 0 unspecified atom stereocenters. The Labute approximate surface area is 264 Å². The van der Waals surface area contributed by atoms with E-state index >= 15 is 4.39 Å². The van der Waals surface area contributed by atoms with Crippen LogP contribution in [0.4, 0.5) is 10.1 Å². The van der Waals surface area contributed by atoms with Gasteiger partial charge in [0.25, 0.3) is 10.0 Å². The van der Waals surface area contributed by atoms with E-state index in [2.05, 4.69) is 5.32 Å². The van der Waals surface area contributed by atoms with E-state index in [0.717, 1.165) is 9.87 Å². The fraction of sp³-hybridized carbons (Fsp3) is 0.257. The molecule has 2 atom stereocenters. The molecular formula is C35H38FN3O5S. The van der Waals surface area contributed by atoms with E-state index in [0.29, 0.717) is 12.2 Å². The zero-order valence-corrected chi connectivity index (χ0v) is 26.4. The second-order valence-corrected chi connectivity index (χ2v) is 12.5. The van der Waals surface area contributed by atoms with Gasteiger partial charge in [-0.05, 0) is 61.4 Å². The van der Waals surface area contributed by atoms with Crippen molar-refractivity contribution in [1.29, 1.82) is 0 Å². The number of nitrogens with zero attached hydrogens (tertiary/aromatic N) is 2. The maximum Gasteiger partial charge on any atom is 0.264 e. The van der Waals surface area contributed by atoms with Crippen LogP contribution in [0.2, 0.25) is 0 Å². The van der Waals surface area contributed by atoms with Gasteiger partial charge in [0, 0.05) is 24.6 Å². The van der Waals surface area contributed by atoms with Gasteiger partial charge in [-0.3, -0.25) is 13.9 Å². The second-order valence-electron chi connectivity index (χ2n) is 10.7. The average Bonchev–Trinajstić information content (AvgIpc) is 3.06. The highest BCUT2D eigenvalue weighted by Gasteiger charge is 2.35. The van der Waals surface area contributed by atoms with Crippen molar-refractivity contribution in [3.63, 3.8) is 0 Å². The lowest BCUT2D eigenvalue weighted by atomic mass is 10.0. The summed E-state index contributed by atoms with van der Waals surface area (Å²) in [6.45, 7) is 2.90. The molecule has 0 aliphatic rings. The molecule has 236 valence electrons. The Bertz CT molecular complexity index is 1670. The molecule has 0 radical (unpaired) electrons. The molecule has 4 aromatic carbocycles. The molecule has 1 N–H and O–H groups in total. The first kappa shape index (κ1) is 33.2. The number of ether oxygens (including phenoxy) is 1. The molecule has 8 nitrogen and oxygen atoms in total. The topological polar surface area (TPSA) is 96.0 Å². The van der Waals surface area contributed by atoms with Gasteiger partial charge < -0.3 is 15.0 Å². The summed E-state index contributed by atoms with van der Waals surface area (Å²) in [4.78, 5) is 29.5. The molecule has 0 aliphatic carbocycles. The van der Waals surface area contributed by atoms with Crippen LogP contribution in [0.5, 0.6) is 5.75 Å². The molecule has 0 saturated heterocycles. The Kier molecular flexibility index (Phi) is 11.3. The van der Waals surface area contributed by atoms with Gasteiger partial charge >= 0.3 is 0 Å². The van der Waals surface area contributed by atoms with Crippen LogP contribution in [0.1, 0.15) is 31.4 Å².